The second-order valence-corrected chi connectivity index (χ2v) is 4.36. The molecule has 2 rings (SSSR count). The molecule has 0 heteroatoms. The van der Waals surface area contributed by atoms with Crippen LogP contribution >= 0.6 is 0 Å². The fourth-order valence-corrected chi connectivity index (χ4v) is 3.13. The molecular weight excluding hydrogens is 120 g/mol. The highest BCUT2D eigenvalue weighted by Gasteiger charge is 2.41. The van der Waals surface area contributed by atoms with Crippen molar-refractivity contribution in [2.24, 2.45) is 11.3 Å². The van der Waals surface area contributed by atoms with Crippen molar-refractivity contribution in [2.75, 3.05) is 0 Å². The first-order valence-electron chi connectivity index (χ1n) is 4.83. The number of hydrogen-bond donors (Lipinski definition) is 0. The second-order valence-electron chi connectivity index (χ2n) is 4.36. The lowest BCUT2D eigenvalue weighted by atomic mass is 9.77. The number of hydrogen-bond acceptors (Lipinski definition) is 0. The third-order valence-corrected chi connectivity index (χ3v) is 3.96. The van der Waals surface area contributed by atoms with E-state index in [4.69, 9.17) is 0 Å². The zero-order valence-corrected chi connectivity index (χ0v) is 7.03. The highest BCUT2D eigenvalue weighted by Crippen LogP contribution is 2.53. The summed E-state index contributed by atoms with van der Waals surface area (Å²) in [5.41, 5.74) is 0.847. The van der Waals surface area contributed by atoms with Gasteiger partial charge in [-0.15, -0.1) is 0 Å². The first kappa shape index (κ1) is 6.69. The van der Waals surface area contributed by atoms with Gasteiger partial charge >= 0.3 is 0 Å². The molecule has 2 aliphatic carbocycles. The van der Waals surface area contributed by atoms with Gasteiger partial charge in [0.15, 0.2) is 0 Å². The maximum absolute atomic E-state index is 2.47. The molecule has 0 nitrogen and oxygen atoms in total. The van der Waals surface area contributed by atoms with Crippen molar-refractivity contribution in [3.05, 3.63) is 0 Å². The Morgan fingerprint density at radius 1 is 1.00 bits per heavy atom. The molecule has 1 unspecified atom stereocenters. The summed E-state index contributed by atoms with van der Waals surface area (Å²) in [6, 6.07) is 0. The highest BCUT2D eigenvalue weighted by molar-refractivity contribution is 4.92. The van der Waals surface area contributed by atoms with Crippen LogP contribution in [0.2, 0.25) is 0 Å². The Kier molecular flexibility index (Phi) is 1.51. The molecule has 0 radical (unpaired) electrons. The van der Waals surface area contributed by atoms with Crippen LogP contribution in [-0.4, -0.2) is 0 Å². The monoisotopic (exact) mass is 138 g/mol. The standard InChI is InChI=1S/C10H18/c1-9-5-4-8-10(9)6-2-3-7-10/h9H,2-8H2,1H3. The van der Waals surface area contributed by atoms with E-state index in [1.54, 1.807) is 19.3 Å². The molecule has 2 aliphatic rings. The number of rotatable bonds is 0. The Morgan fingerprint density at radius 2 is 1.60 bits per heavy atom. The van der Waals surface area contributed by atoms with Crippen LogP contribution in [0.4, 0.5) is 0 Å². The lowest BCUT2D eigenvalue weighted by molar-refractivity contribution is 0.224. The first-order chi connectivity index (χ1) is 4.83. The molecule has 0 aromatic carbocycles. The predicted molar refractivity (Wildman–Crippen MR) is 43.9 cm³/mol. The SMILES string of the molecule is CC1CCCC12CCCC2. The fourth-order valence-electron chi connectivity index (χ4n) is 3.13. The van der Waals surface area contributed by atoms with Crippen molar-refractivity contribution in [3.8, 4) is 0 Å². The van der Waals surface area contributed by atoms with Crippen molar-refractivity contribution < 1.29 is 0 Å². The second kappa shape index (κ2) is 2.25. The minimum atomic E-state index is 0.847. The van der Waals surface area contributed by atoms with Gasteiger partial charge in [-0.05, 0) is 30.6 Å². The van der Waals surface area contributed by atoms with Gasteiger partial charge in [0.1, 0.15) is 0 Å². The van der Waals surface area contributed by atoms with E-state index in [0.717, 1.165) is 11.3 Å². The van der Waals surface area contributed by atoms with Crippen molar-refractivity contribution in [3.63, 3.8) is 0 Å². The molecule has 1 spiro atoms. The average Bonchev–Trinajstić information content (AvgIpc) is 2.48. The Labute approximate surface area is 64.0 Å². The van der Waals surface area contributed by atoms with Gasteiger partial charge in [0, 0.05) is 0 Å². The lowest BCUT2D eigenvalue weighted by Crippen LogP contribution is -2.18. The molecule has 58 valence electrons. The van der Waals surface area contributed by atoms with E-state index >= 15 is 0 Å². The molecule has 0 amide bonds. The van der Waals surface area contributed by atoms with E-state index in [0.29, 0.717) is 0 Å². The van der Waals surface area contributed by atoms with Crippen LogP contribution < -0.4 is 0 Å². The Morgan fingerprint density at radius 3 is 2.10 bits per heavy atom. The predicted octanol–water partition coefficient (Wildman–Crippen LogP) is 3.37. The summed E-state index contributed by atoms with van der Waals surface area (Å²) in [6.07, 6.45) is 10.7. The molecule has 0 aromatic rings. The minimum Gasteiger partial charge on any atom is -0.0620 e. The molecule has 0 bridgehead atoms. The van der Waals surface area contributed by atoms with Gasteiger partial charge in [-0.2, -0.15) is 0 Å². The van der Waals surface area contributed by atoms with E-state index in [1.807, 2.05) is 0 Å². The maximum atomic E-state index is 2.47. The van der Waals surface area contributed by atoms with Gasteiger partial charge in [-0.3, -0.25) is 0 Å². The molecule has 2 saturated carbocycles. The molecule has 0 heterocycles. The van der Waals surface area contributed by atoms with Crippen LogP contribution in [0.15, 0.2) is 0 Å². The van der Waals surface area contributed by atoms with E-state index in [-0.39, 0.29) is 0 Å². The molecule has 1 atom stereocenters. The van der Waals surface area contributed by atoms with Gasteiger partial charge in [0.25, 0.3) is 0 Å². The average molecular weight is 138 g/mol. The molecule has 10 heavy (non-hydrogen) atoms. The summed E-state index contributed by atoms with van der Waals surface area (Å²) in [5, 5.41) is 0. The molecular formula is C10H18. The van der Waals surface area contributed by atoms with Crippen LogP contribution in [0.5, 0.6) is 0 Å². The van der Waals surface area contributed by atoms with Gasteiger partial charge in [0.2, 0.25) is 0 Å². The molecule has 2 fully saturated rings. The topological polar surface area (TPSA) is 0 Å². The van der Waals surface area contributed by atoms with Crippen molar-refractivity contribution in [1.29, 1.82) is 0 Å². The quantitative estimate of drug-likeness (QED) is 0.481. The van der Waals surface area contributed by atoms with E-state index in [2.05, 4.69) is 6.92 Å². The van der Waals surface area contributed by atoms with E-state index in [9.17, 15) is 0 Å². The van der Waals surface area contributed by atoms with Crippen molar-refractivity contribution in [1.82, 2.24) is 0 Å². The highest BCUT2D eigenvalue weighted by atomic mass is 14.5. The Bertz CT molecular complexity index is 114. The summed E-state index contributed by atoms with van der Waals surface area (Å²) in [6.45, 7) is 2.47. The van der Waals surface area contributed by atoms with Crippen LogP contribution in [0.3, 0.4) is 0 Å². The zero-order valence-electron chi connectivity index (χ0n) is 7.03. The summed E-state index contributed by atoms with van der Waals surface area (Å²) in [5.74, 6) is 1.05. The first-order valence-corrected chi connectivity index (χ1v) is 4.83. The third-order valence-electron chi connectivity index (χ3n) is 3.96. The fraction of sp³-hybridized carbons (Fsp3) is 1.00. The van der Waals surface area contributed by atoms with Gasteiger partial charge in [0.05, 0.1) is 0 Å². The van der Waals surface area contributed by atoms with Crippen molar-refractivity contribution >= 4 is 0 Å². The maximum Gasteiger partial charge on any atom is -0.0272 e. The molecule has 0 aliphatic heterocycles. The van der Waals surface area contributed by atoms with Crippen molar-refractivity contribution in [2.45, 2.75) is 51.9 Å². The smallest absolute Gasteiger partial charge is 0.0272 e. The van der Waals surface area contributed by atoms with Crippen LogP contribution in [-0.2, 0) is 0 Å². The van der Waals surface area contributed by atoms with E-state index < -0.39 is 0 Å². The normalized spacial score (nSPS) is 37.5. The Hall–Kier alpha value is 0. The molecule has 0 saturated heterocycles. The van der Waals surface area contributed by atoms with Gasteiger partial charge in [-0.1, -0.05) is 32.6 Å². The van der Waals surface area contributed by atoms with Crippen LogP contribution in [0, 0.1) is 11.3 Å². The third kappa shape index (κ3) is 0.810. The van der Waals surface area contributed by atoms with Gasteiger partial charge in [-0.25, -0.2) is 0 Å². The summed E-state index contributed by atoms with van der Waals surface area (Å²) in [7, 11) is 0. The summed E-state index contributed by atoms with van der Waals surface area (Å²) < 4.78 is 0. The summed E-state index contributed by atoms with van der Waals surface area (Å²) >= 11 is 0. The molecule has 0 aromatic heterocycles. The van der Waals surface area contributed by atoms with Crippen LogP contribution in [0.25, 0.3) is 0 Å². The Balaban J connectivity index is 2.11. The summed E-state index contributed by atoms with van der Waals surface area (Å²) in [4.78, 5) is 0. The largest absolute Gasteiger partial charge is 0.0620 e. The minimum absolute atomic E-state index is 0.847. The van der Waals surface area contributed by atoms with Gasteiger partial charge < -0.3 is 0 Å². The van der Waals surface area contributed by atoms with Crippen LogP contribution in [0.1, 0.15) is 51.9 Å². The zero-order chi connectivity index (χ0) is 7.03. The molecule has 0 N–H and O–H groups in total. The van der Waals surface area contributed by atoms with E-state index in [1.165, 1.54) is 25.7 Å². The lowest BCUT2D eigenvalue weighted by Gasteiger charge is -2.28.